The van der Waals surface area contributed by atoms with E-state index in [-0.39, 0.29) is 28.0 Å². The second-order valence-electron chi connectivity index (χ2n) is 6.52. The molecule has 0 fully saturated rings. The molecule has 0 radical (unpaired) electrons. The predicted molar refractivity (Wildman–Crippen MR) is 105 cm³/mol. The van der Waals surface area contributed by atoms with Gasteiger partial charge in [0.15, 0.2) is 5.75 Å². The maximum absolute atomic E-state index is 12.8. The number of aromatic nitrogens is 3. The summed E-state index contributed by atoms with van der Waals surface area (Å²) in [6.45, 7) is 3.43. The third kappa shape index (κ3) is 4.11. The molecule has 0 aliphatic rings. The van der Waals surface area contributed by atoms with Crippen LogP contribution in [0.3, 0.4) is 0 Å². The average Bonchev–Trinajstić information content (AvgIpc) is 2.68. The normalized spacial score (nSPS) is 11.6. The molecule has 0 spiro atoms. The molecule has 2 heterocycles. The van der Waals surface area contributed by atoms with Crippen LogP contribution in [0.2, 0.25) is 5.02 Å². The van der Waals surface area contributed by atoms with Crippen LogP contribution in [0.15, 0.2) is 35.3 Å². The van der Waals surface area contributed by atoms with E-state index in [4.69, 9.17) is 16.3 Å². The summed E-state index contributed by atoms with van der Waals surface area (Å²) in [7, 11) is 1.49. The van der Waals surface area contributed by atoms with Crippen molar-refractivity contribution in [3.8, 4) is 28.5 Å². The molecule has 2 aromatic heterocycles. The van der Waals surface area contributed by atoms with Crippen molar-refractivity contribution in [2.24, 2.45) is 7.05 Å². The van der Waals surface area contributed by atoms with Crippen molar-refractivity contribution in [3.05, 3.63) is 62.7 Å². The Balaban J connectivity index is 2.02. The van der Waals surface area contributed by atoms with Crippen molar-refractivity contribution in [2.45, 2.75) is 26.4 Å². The largest absolute Gasteiger partial charge is 0.505 e. The van der Waals surface area contributed by atoms with Crippen molar-refractivity contribution < 1.29 is 23.0 Å². The maximum Gasteiger partial charge on any atom is 0.417 e. The Hall–Kier alpha value is -3.07. The number of alkyl halides is 3. The first-order valence-electron chi connectivity index (χ1n) is 8.83. The van der Waals surface area contributed by atoms with Gasteiger partial charge in [-0.25, -0.2) is 9.67 Å². The van der Waals surface area contributed by atoms with Crippen LogP contribution in [0.5, 0.6) is 17.4 Å². The molecule has 0 saturated heterocycles. The number of aromatic hydroxyl groups is 1. The van der Waals surface area contributed by atoms with Crippen LogP contribution in [0.1, 0.15) is 23.7 Å². The van der Waals surface area contributed by atoms with Crippen LogP contribution in [0.25, 0.3) is 11.1 Å². The maximum atomic E-state index is 12.8. The quantitative estimate of drug-likeness (QED) is 0.626. The van der Waals surface area contributed by atoms with Crippen molar-refractivity contribution in [1.82, 2.24) is 14.8 Å². The number of nitrogens with zero attached hydrogens (tertiary/aromatic N) is 3. The van der Waals surface area contributed by atoms with Crippen LogP contribution >= 0.6 is 11.6 Å². The summed E-state index contributed by atoms with van der Waals surface area (Å²) in [5.74, 6) is -0.126. The fourth-order valence-electron chi connectivity index (χ4n) is 2.94. The zero-order valence-electron chi connectivity index (χ0n) is 16.2. The minimum atomic E-state index is -4.57. The van der Waals surface area contributed by atoms with E-state index in [9.17, 15) is 23.1 Å². The number of aryl methyl sites for hydroxylation is 3. The van der Waals surface area contributed by atoms with E-state index >= 15 is 0 Å². The van der Waals surface area contributed by atoms with E-state index in [1.54, 1.807) is 19.1 Å². The molecule has 30 heavy (non-hydrogen) atoms. The lowest BCUT2D eigenvalue weighted by molar-refractivity contribution is -0.137. The van der Waals surface area contributed by atoms with E-state index in [0.717, 1.165) is 10.7 Å². The molecule has 0 unspecified atom stereocenters. The lowest BCUT2D eigenvalue weighted by atomic mass is 9.98. The van der Waals surface area contributed by atoms with Crippen LogP contribution in [-0.2, 0) is 19.6 Å². The summed E-state index contributed by atoms with van der Waals surface area (Å²) < 4.78 is 45.0. The summed E-state index contributed by atoms with van der Waals surface area (Å²) in [4.78, 5) is 16.2. The predicted octanol–water partition coefficient (Wildman–Crippen LogP) is 4.88. The smallest absolute Gasteiger partial charge is 0.417 e. The van der Waals surface area contributed by atoms with Gasteiger partial charge in [0.05, 0.1) is 11.1 Å². The highest BCUT2D eigenvalue weighted by Gasteiger charge is 2.32. The average molecular weight is 440 g/mol. The standard InChI is InChI=1S/C20H17ClF3N3O3/c1-4-11-7-13(30-18-15(21)8-12(9-25-18)20(22,23)24)5-6-14(11)16-17(28)10(2)26-27(3)19(16)29/h5-9,28H,4H2,1-3H3. The van der Waals surface area contributed by atoms with E-state index < -0.39 is 17.3 Å². The first kappa shape index (κ1) is 21.6. The van der Waals surface area contributed by atoms with Gasteiger partial charge in [0, 0.05) is 13.2 Å². The van der Waals surface area contributed by atoms with Gasteiger partial charge in [-0.2, -0.15) is 18.3 Å². The molecule has 1 N–H and O–H groups in total. The monoisotopic (exact) mass is 439 g/mol. The van der Waals surface area contributed by atoms with Crippen molar-refractivity contribution in [3.63, 3.8) is 0 Å². The molecule has 158 valence electrons. The molecular formula is C20H17ClF3N3O3. The topological polar surface area (TPSA) is 77.2 Å². The van der Waals surface area contributed by atoms with E-state index in [0.29, 0.717) is 29.4 Å². The zero-order chi connectivity index (χ0) is 22.2. The molecule has 10 heteroatoms. The lowest BCUT2D eigenvalue weighted by Gasteiger charge is -2.14. The van der Waals surface area contributed by atoms with Gasteiger partial charge in [-0.1, -0.05) is 24.6 Å². The van der Waals surface area contributed by atoms with Crippen molar-refractivity contribution in [2.75, 3.05) is 0 Å². The second kappa shape index (κ2) is 7.98. The first-order chi connectivity index (χ1) is 14.0. The van der Waals surface area contributed by atoms with Crippen molar-refractivity contribution >= 4 is 11.6 Å². The summed E-state index contributed by atoms with van der Waals surface area (Å²) in [5.41, 5.74) is 0.139. The van der Waals surface area contributed by atoms with Gasteiger partial charge in [0.1, 0.15) is 16.5 Å². The minimum absolute atomic E-state index is 0.110. The summed E-state index contributed by atoms with van der Waals surface area (Å²) in [6, 6.07) is 5.45. The number of pyridine rings is 1. The molecule has 0 bridgehead atoms. The van der Waals surface area contributed by atoms with Crippen LogP contribution in [0, 0.1) is 6.92 Å². The fraction of sp³-hybridized carbons (Fsp3) is 0.250. The van der Waals surface area contributed by atoms with Crippen LogP contribution < -0.4 is 10.3 Å². The summed E-state index contributed by atoms with van der Waals surface area (Å²) in [6.07, 6.45) is -3.44. The third-order valence-electron chi connectivity index (χ3n) is 4.46. The minimum Gasteiger partial charge on any atom is -0.505 e. The second-order valence-corrected chi connectivity index (χ2v) is 6.93. The van der Waals surface area contributed by atoms with Crippen LogP contribution in [-0.4, -0.2) is 19.9 Å². The Morgan fingerprint density at radius 2 is 1.97 bits per heavy atom. The zero-order valence-corrected chi connectivity index (χ0v) is 17.0. The lowest BCUT2D eigenvalue weighted by Crippen LogP contribution is -2.22. The molecule has 0 atom stereocenters. The highest BCUT2D eigenvalue weighted by molar-refractivity contribution is 6.31. The third-order valence-corrected chi connectivity index (χ3v) is 4.73. The number of hydrogen-bond acceptors (Lipinski definition) is 5. The van der Waals surface area contributed by atoms with E-state index in [1.165, 1.54) is 13.1 Å². The number of halogens is 4. The molecule has 0 aliphatic heterocycles. The Labute approximate surface area is 174 Å². The van der Waals surface area contributed by atoms with Crippen LogP contribution in [0.4, 0.5) is 13.2 Å². The molecular weight excluding hydrogens is 423 g/mol. The molecule has 0 saturated carbocycles. The first-order valence-corrected chi connectivity index (χ1v) is 9.21. The fourth-order valence-corrected chi connectivity index (χ4v) is 3.15. The summed E-state index contributed by atoms with van der Waals surface area (Å²) in [5, 5.41) is 14.0. The Bertz CT molecular complexity index is 1180. The van der Waals surface area contributed by atoms with Gasteiger partial charge in [-0.3, -0.25) is 4.79 Å². The molecule has 1 aromatic carbocycles. The van der Waals surface area contributed by atoms with Gasteiger partial charge in [0.2, 0.25) is 5.88 Å². The van der Waals surface area contributed by atoms with Gasteiger partial charge in [-0.15, -0.1) is 0 Å². The molecule has 3 aromatic rings. The van der Waals surface area contributed by atoms with Gasteiger partial charge < -0.3 is 9.84 Å². The molecule has 0 amide bonds. The molecule has 0 aliphatic carbocycles. The number of benzene rings is 1. The molecule has 6 nitrogen and oxygen atoms in total. The SMILES string of the molecule is CCc1cc(Oc2ncc(C(F)(F)F)cc2Cl)ccc1-c1c(O)c(C)nn(C)c1=O. The number of rotatable bonds is 4. The number of hydrogen-bond donors (Lipinski definition) is 1. The van der Waals surface area contributed by atoms with Crippen molar-refractivity contribution in [1.29, 1.82) is 0 Å². The molecule has 3 rings (SSSR count). The Morgan fingerprint density at radius 1 is 1.27 bits per heavy atom. The Kier molecular flexibility index (Phi) is 5.76. The van der Waals surface area contributed by atoms with Gasteiger partial charge in [-0.05, 0) is 42.7 Å². The van der Waals surface area contributed by atoms with E-state index in [1.807, 2.05) is 6.92 Å². The highest BCUT2D eigenvalue weighted by Crippen LogP contribution is 2.36. The summed E-state index contributed by atoms with van der Waals surface area (Å²) >= 11 is 5.89. The van der Waals surface area contributed by atoms with Gasteiger partial charge >= 0.3 is 6.18 Å². The highest BCUT2D eigenvalue weighted by atomic mass is 35.5. The van der Waals surface area contributed by atoms with E-state index in [2.05, 4.69) is 10.1 Å². The number of ether oxygens (including phenoxy) is 1. The Morgan fingerprint density at radius 3 is 2.57 bits per heavy atom. The van der Waals surface area contributed by atoms with Gasteiger partial charge in [0.25, 0.3) is 5.56 Å².